The molecular formula is C30H37F3N6O7. The molecule has 2 unspecified atom stereocenters. The van der Waals surface area contributed by atoms with Gasteiger partial charge in [0.25, 0.3) is 5.91 Å². The zero-order chi connectivity index (χ0) is 33.7. The van der Waals surface area contributed by atoms with E-state index in [1.807, 2.05) is 5.32 Å². The number of morpholine rings is 1. The lowest BCUT2D eigenvalue weighted by molar-refractivity contribution is -0.212. The number of aliphatic hydroxyl groups is 1. The quantitative estimate of drug-likeness (QED) is 0.152. The van der Waals surface area contributed by atoms with E-state index in [2.05, 4.69) is 20.9 Å². The Bertz CT molecular complexity index is 1340. The molecule has 0 bridgehead atoms. The van der Waals surface area contributed by atoms with Crippen LogP contribution in [0.15, 0.2) is 54.6 Å². The molecule has 1 fully saturated rings. The van der Waals surface area contributed by atoms with Gasteiger partial charge in [0, 0.05) is 37.2 Å². The lowest BCUT2D eigenvalue weighted by Gasteiger charge is -2.28. The minimum Gasteiger partial charge on any atom is -0.382 e. The Hall–Kier alpha value is -4.70. The highest BCUT2D eigenvalue weighted by Crippen LogP contribution is 2.24. The second-order valence-corrected chi connectivity index (χ2v) is 10.5. The normalized spacial score (nSPS) is 15.2. The number of hydrogen-bond acceptors (Lipinski definition) is 8. The van der Waals surface area contributed by atoms with Gasteiger partial charge in [0.1, 0.15) is 6.04 Å². The Kier molecular flexibility index (Phi) is 13.3. The van der Waals surface area contributed by atoms with Gasteiger partial charge in [0.05, 0.1) is 32.3 Å². The summed E-state index contributed by atoms with van der Waals surface area (Å²) in [7, 11) is 0. The van der Waals surface area contributed by atoms with Crippen molar-refractivity contribution in [1.29, 1.82) is 0 Å². The highest BCUT2D eigenvalue weighted by molar-refractivity contribution is 5.97. The summed E-state index contributed by atoms with van der Waals surface area (Å²) in [5.41, 5.74) is 6.88. The first-order chi connectivity index (χ1) is 21.8. The van der Waals surface area contributed by atoms with Gasteiger partial charge in [-0.3, -0.25) is 24.0 Å². The standard InChI is InChI=1S/C30H37F3N6O7/c31-30(32,33)27(43)22(10-11-24(34)40)37-25(41)18-36-29(45)23(16-19-4-2-1-3-5-19)38-26(42)17-35-28(44)20-6-8-21(9-7-20)39-12-14-46-15-13-39/h1-9,22-23,27,43H,10-18H2,(H2,34,40)(H,35,44)(H,36,45)(H,37,41)(H,38,42)/t22?,23-,27?/m0/s1. The summed E-state index contributed by atoms with van der Waals surface area (Å²) in [5, 5.41) is 18.8. The Morgan fingerprint density at radius 3 is 2.11 bits per heavy atom. The van der Waals surface area contributed by atoms with E-state index < -0.39 is 79.8 Å². The summed E-state index contributed by atoms with van der Waals surface area (Å²) in [6.07, 6.45) is -9.20. The van der Waals surface area contributed by atoms with Crippen molar-refractivity contribution in [1.82, 2.24) is 21.3 Å². The minimum atomic E-state index is -5.09. The second kappa shape index (κ2) is 17.1. The number of alkyl halides is 3. The number of ether oxygens (including phenoxy) is 1. The number of nitrogens with two attached hydrogens (primary N) is 1. The van der Waals surface area contributed by atoms with Gasteiger partial charge in [-0.05, 0) is 36.2 Å². The molecule has 1 aliphatic rings. The fraction of sp³-hybridized carbons (Fsp3) is 0.433. The SMILES string of the molecule is NC(=O)CCC(NC(=O)CNC(=O)[C@H](Cc1ccccc1)NC(=O)CNC(=O)c1ccc(N2CCOCC2)cc1)C(O)C(F)(F)F. The Balaban J connectivity index is 1.57. The van der Waals surface area contributed by atoms with Gasteiger partial charge in [-0.15, -0.1) is 0 Å². The molecule has 250 valence electrons. The van der Waals surface area contributed by atoms with Crippen molar-refractivity contribution in [2.75, 3.05) is 44.3 Å². The van der Waals surface area contributed by atoms with Crippen LogP contribution in [0.25, 0.3) is 0 Å². The number of hydrogen-bond donors (Lipinski definition) is 6. The fourth-order valence-electron chi connectivity index (χ4n) is 4.60. The molecule has 0 aromatic heterocycles. The van der Waals surface area contributed by atoms with Crippen molar-refractivity contribution in [2.45, 2.75) is 43.6 Å². The highest BCUT2D eigenvalue weighted by atomic mass is 19.4. The molecule has 13 nitrogen and oxygen atoms in total. The molecule has 0 radical (unpaired) electrons. The van der Waals surface area contributed by atoms with E-state index in [-0.39, 0.29) is 6.42 Å². The average molecular weight is 651 g/mol. The van der Waals surface area contributed by atoms with Crippen molar-refractivity contribution >= 4 is 35.2 Å². The zero-order valence-corrected chi connectivity index (χ0v) is 24.8. The number of amides is 5. The van der Waals surface area contributed by atoms with Gasteiger partial charge in [0.15, 0.2) is 6.10 Å². The maximum atomic E-state index is 13.1. The van der Waals surface area contributed by atoms with Gasteiger partial charge >= 0.3 is 6.18 Å². The van der Waals surface area contributed by atoms with Crippen LogP contribution in [0.4, 0.5) is 18.9 Å². The van der Waals surface area contributed by atoms with Crippen LogP contribution in [0.2, 0.25) is 0 Å². The topological polar surface area (TPSA) is 192 Å². The molecule has 46 heavy (non-hydrogen) atoms. The predicted octanol–water partition coefficient (Wildman–Crippen LogP) is -0.230. The summed E-state index contributed by atoms with van der Waals surface area (Å²) in [6, 6.07) is 12.3. The van der Waals surface area contributed by atoms with Gasteiger partial charge in [-0.25, -0.2) is 0 Å². The monoisotopic (exact) mass is 650 g/mol. The number of primary amides is 1. The number of halogens is 3. The number of carbonyl (C=O) groups is 5. The number of benzene rings is 2. The van der Waals surface area contributed by atoms with Crippen LogP contribution in [-0.2, 0) is 30.3 Å². The molecule has 5 amide bonds. The van der Waals surface area contributed by atoms with Gasteiger partial charge < -0.3 is 41.7 Å². The van der Waals surface area contributed by atoms with E-state index in [1.165, 1.54) is 0 Å². The number of anilines is 1. The first-order valence-corrected chi connectivity index (χ1v) is 14.5. The average Bonchev–Trinajstić information content (AvgIpc) is 3.04. The van der Waals surface area contributed by atoms with Gasteiger partial charge in [0.2, 0.25) is 23.6 Å². The van der Waals surface area contributed by atoms with E-state index >= 15 is 0 Å². The highest BCUT2D eigenvalue weighted by Gasteiger charge is 2.44. The molecule has 1 aliphatic heterocycles. The molecule has 0 spiro atoms. The van der Waals surface area contributed by atoms with Crippen molar-refractivity contribution in [2.24, 2.45) is 5.73 Å². The second-order valence-electron chi connectivity index (χ2n) is 10.5. The van der Waals surface area contributed by atoms with Crippen molar-refractivity contribution in [3.63, 3.8) is 0 Å². The fourth-order valence-corrected chi connectivity index (χ4v) is 4.60. The Labute approximate surface area is 263 Å². The van der Waals surface area contributed by atoms with Crippen LogP contribution in [0.5, 0.6) is 0 Å². The van der Waals surface area contributed by atoms with E-state index in [0.717, 1.165) is 18.8 Å². The largest absolute Gasteiger partial charge is 0.416 e. The van der Waals surface area contributed by atoms with Crippen LogP contribution in [0, 0.1) is 0 Å². The van der Waals surface area contributed by atoms with E-state index in [4.69, 9.17) is 10.5 Å². The predicted molar refractivity (Wildman–Crippen MR) is 159 cm³/mol. The molecule has 7 N–H and O–H groups in total. The number of nitrogens with one attached hydrogen (secondary N) is 4. The van der Waals surface area contributed by atoms with Gasteiger partial charge in [-0.2, -0.15) is 13.2 Å². The van der Waals surface area contributed by atoms with Crippen LogP contribution in [-0.4, -0.2) is 98.4 Å². The van der Waals surface area contributed by atoms with Crippen LogP contribution in [0.1, 0.15) is 28.8 Å². The third-order valence-corrected chi connectivity index (χ3v) is 7.04. The molecule has 2 aromatic carbocycles. The molecule has 2 aromatic rings. The lowest BCUT2D eigenvalue weighted by atomic mass is 10.0. The summed E-state index contributed by atoms with van der Waals surface area (Å²) < 4.78 is 44.5. The molecular weight excluding hydrogens is 613 g/mol. The molecule has 0 aliphatic carbocycles. The van der Waals surface area contributed by atoms with E-state index in [9.17, 15) is 42.3 Å². The Morgan fingerprint density at radius 2 is 1.50 bits per heavy atom. The van der Waals surface area contributed by atoms with E-state index in [1.54, 1.807) is 54.6 Å². The first kappa shape index (κ1) is 35.8. The molecule has 1 heterocycles. The molecule has 3 rings (SSSR count). The van der Waals surface area contributed by atoms with Crippen molar-refractivity contribution in [3.05, 3.63) is 65.7 Å². The van der Waals surface area contributed by atoms with Crippen LogP contribution >= 0.6 is 0 Å². The molecule has 3 atom stereocenters. The lowest BCUT2D eigenvalue weighted by Crippen LogP contribution is -2.54. The zero-order valence-electron chi connectivity index (χ0n) is 24.8. The third kappa shape index (κ3) is 11.7. The summed E-state index contributed by atoms with van der Waals surface area (Å²) in [4.78, 5) is 64.0. The summed E-state index contributed by atoms with van der Waals surface area (Å²) >= 11 is 0. The van der Waals surface area contributed by atoms with Crippen LogP contribution in [0.3, 0.4) is 0 Å². The number of rotatable bonds is 15. The molecule has 0 saturated carbocycles. The van der Waals surface area contributed by atoms with Crippen molar-refractivity contribution < 1.29 is 47.0 Å². The Morgan fingerprint density at radius 1 is 0.891 bits per heavy atom. The minimum absolute atomic E-state index is 0.00892. The van der Waals surface area contributed by atoms with Crippen LogP contribution < -0.4 is 31.9 Å². The molecule has 16 heteroatoms. The summed E-state index contributed by atoms with van der Waals surface area (Å²) in [5.74, 6) is -4.07. The number of aliphatic hydroxyl groups excluding tert-OH is 1. The first-order valence-electron chi connectivity index (χ1n) is 14.5. The maximum Gasteiger partial charge on any atom is 0.416 e. The molecule has 1 saturated heterocycles. The maximum absolute atomic E-state index is 13.1. The third-order valence-electron chi connectivity index (χ3n) is 7.04. The van der Waals surface area contributed by atoms with Gasteiger partial charge in [-0.1, -0.05) is 30.3 Å². The number of nitrogens with zero attached hydrogens (tertiary/aromatic N) is 1. The van der Waals surface area contributed by atoms with Crippen molar-refractivity contribution in [3.8, 4) is 0 Å². The smallest absolute Gasteiger partial charge is 0.382 e. The van der Waals surface area contributed by atoms with E-state index in [0.29, 0.717) is 24.3 Å². The summed E-state index contributed by atoms with van der Waals surface area (Å²) in [6.45, 7) is 1.41. The number of carbonyl (C=O) groups excluding carboxylic acids is 5.